The van der Waals surface area contributed by atoms with Crippen LogP contribution in [-0.4, -0.2) is 10.9 Å². The Kier molecular flexibility index (Phi) is 5.51. The van der Waals surface area contributed by atoms with E-state index in [9.17, 15) is 4.79 Å². The molecule has 0 saturated heterocycles. The highest BCUT2D eigenvalue weighted by Crippen LogP contribution is 2.22. The fourth-order valence-electron chi connectivity index (χ4n) is 1.20. The Bertz CT molecular complexity index is 352. The van der Waals surface area contributed by atoms with Gasteiger partial charge in [-0.2, -0.15) is 0 Å². The lowest BCUT2D eigenvalue weighted by molar-refractivity contribution is -0.109. The van der Waals surface area contributed by atoms with E-state index in [0.29, 0.717) is 10.0 Å². The molecule has 15 heavy (non-hydrogen) atoms. The molecule has 0 aliphatic carbocycles. The minimum absolute atomic E-state index is 0.164. The fraction of sp³-hybridized carbons (Fsp3) is 0.364. The van der Waals surface area contributed by atoms with E-state index in [1.54, 1.807) is 13.0 Å². The summed E-state index contributed by atoms with van der Waals surface area (Å²) in [6.07, 6.45) is 1.84. The van der Waals surface area contributed by atoms with Crippen LogP contribution in [0, 0.1) is 0 Å². The summed E-state index contributed by atoms with van der Waals surface area (Å²) in [5, 5.41) is 1.52. The highest BCUT2D eigenvalue weighted by atomic mass is 35.5. The molecular weight excluding hydrogens is 251 g/mol. The molecule has 1 aromatic carbocycles. The first kappa shape index (κ1) is 12.9. The number of hydrogen-bond donors (Lipinski definition) is 0. The minimum Gasteiger partial charge on any atom is -0.288 e. The maximum atomic E-state index is 10.7. The highest BCUT2D eigenvalue weighted by Gasteiger charge is 2.01. The molecule has 0 heterocycles. The molecule has 0 aliphatic heterocycles. The van der Waals surface area contributed by atoms with Crippen LogP contribution < -0.4 is 0 Å². The van der Waals surface area contributed by atoms with Crippen LogP contribution in [0.3, 0.4) is 0 Å². The number of carbonyl (C=O) groups is 1. The molecule has 0 atom stereocenters. The lowest BCUT2D eigenvalue weighted by Crippen LogP contribution is -1.91. The van der Waals surface area contributed by atoms with Crippen LogP contribution in [-0.2, 0) is 11.2 Å². The van der Waals surface area contributed by atoms with Crippen molar-refractivity contribution in [3.63, 3.8) is 0 Å². The molecule has 1 nitrogen and oxygen atoms in total. The SMILES string of the molecule is CC(=O)SCCCc1ccc(Cl)cc1Cl. The third kappa shape index (κ3) is 4.92. The van der Waals surface area contributed by atoms with Crippen molar-refractivity contribution < 1.29 is 4.79 Å². The molecule has 0 bridgehead atoms. The van der Waals surface area contributed by atoms with E-state index in [1.165, 1.54) is 11.8 Å². The van der Waals surface area contributed by atoms with Gasteiger partial charge in [0.15, 0.2) is 5.12 Å². The third-order valence-corrected chi connectivity index (χ3v) is 3.40. The van der Waals surface area contributed by atoms with Crippen LogP contribution in [0.4, 0.5) is 0 Å². The number of thioether (sulfide) groups is 1. The van der Waals surface area contributed by atoms with Gasteiger partial charge in [-0.3, -0.25) is 4.79 Å². The number of benzene rings is 1. The van der Waals surface area contributed by atoms with E-state index >= 15 is 0 Å². The van der Waals surface area contributed by atoms with Gasteiger partial charge < -0.3 is 0 Å². The molecule has 0 aliphatic rings. The number of rotatable bonds is 4. The van der Waals surface area contributed by atoms with Crippen LogP contribution >= 0.6 is 35.0 Å². The second-order valence-corrected chi connectivity index (χ2v) is 5.29. The zero-order valence-electron chi connectivity index (χ0n) is 8.43. The monoisotopic (exact) mass is 262 g/mol. The Hall–Kier alpha value is -0.180. The van der Waals surface area contributed by atoms with Crippen molar-refractivity contribution in [1.29, 1.82) is 0 Å². The van der Waals surface area contributed by atoms with Gasteiger partial charge in [0.25, 0.3) is 0 Å². The van der Waals surface area contributed by atoms with Gasteiger partial charge in [0.2, 0.25) is 0 Å². The number of hydrogen-bond acceptors (Lipinski definition) is 2. The second kappa shape index (κ2) is 6.41. The van der Waals surface area contributed by atoms with Gasteiger partial charge in [0.05, 0.1) is 0 Å². The van der Waals surface area contributed by atoms with Gasteiger partial charge in [-0.25, -0.2) is 0 Å². The quantitative estimate of drug-likeness (QED) is 0.757. The summed E-state index contributed by atoms with van der Waals surface area (Å²) in [5.74, 6) is 0.842. The molecule has 1 aromatic rings. The number of halogens is 2. The fourth-order valence-corrected chi connectivity index (χ4v) is 2.28. The van der Waals surface area contributed by atoms with Crippen molar-refractivity contribution in [2.45, 2.75) is 19.8 Å². The van der Waals surface area contributed by atoms with Gasteiger partial charge in [-0.05, 0) is 30.5 Å². The van der Waals surface area contributed by atoms with Gasteiger partial charge in [0, 0.05) is 22.7 Å². The maximum absolute atomic E-state index is 10.7. The van der Waals surface area contributed by atoms with Crippen LogP contribution in [0.2, 0.25) is 10.0 Å². The molecule has 0 saturated carbocycles. The highest BCUT2D eigenvalue weighted by molar-refractivity contribution is 8.13. The summed E-state index contributed by atoms with van der Waals surface area (Å²) >= 11 is 13.2. The Morgan fingerprint density at radius 3 is 2.73 bits per heavy atom. The Labute approximate surface area is 104 Å². The first-order chi connectivity index (χ1) is 7.09. The van der Waals surface area contributed by atoms with Crippen molar-refractivity contribution in [2.24, 2.45) is 0 Å². The van der Waals surface area contributed by atoms with Crippen molar-refractivity contribution in [2.75, 3.05) is 5.75 Å². The smallest absolute Gasteiger partial charge is 0.185 e. The second-order valence-electron chi connectivity index (χ2n) is 3.18. The topological polar surface area (TPSA) is 17.1 Å². The van der Waals surface area contributed by atoms with E-state index in [4.69, 9.17) is 23.2 Å². The largest absolute Gasteiger partial charge is 0.288 e. The van der Waals surface area contributed by atoms with E-state index in [1.807, 2.05) is 12.1 Å². The molecule has 0 aromatic heterocycles. The molecule has 0 fully saturated rings. The van der Waals surface area contributed by atoms with E-state index < -0.39 is 0 Å². The van der Waals surface area contributed by atoms with E-state index in [0.717, 1.165) is 24.2 Å². The van der Waals surface area contributed by atoms with Crippen LogP contribution in [0.15, 0.2) is 18.2 Å². The lowest BCUT2D eigenvalue weighted by Gasteiger charge is -2.03. The Balaban J connectivity index is 2.40. The average molecular weight is 263 g/mol. The molecule has 0 spiro atoms. The molecule has 0 amide bonds. The van der Waals surface area contributed by atoms with Crippen LogP contribution in [0.5, 0.6) is 0 Å². The van der Waals surface area contributed by atoms with E-state index in [-0.39, 0.29) is 5.12 Å². The van der Waals surface area contributed by atoms with Crippen LogP contribution in [0.25, 0.3) is 0 Å². The summed E-state index contributed by atoms with van der Waals surface area (Å²) in [6, 6.07) is 5.51. The van der Waals surface area contributed by atoms with Crippen molar-refractivity contribution in [3.05, 3.63) is 33.8 Å². The molecule has 1 rings (SSSR count). The van der Waals surface area contributed by atoms with Gasteiger partial charge >= 0.3 is 0 Å². The maximum Gasteiger partial charge on any atom is 0.185 e. The molecule has 0 radical (unpaired) electrons. The molecule has 4 heteroatoms. The van der Waals surface area contributed by atoms with Crippen molar-refractivity contribution in [3.8, 4) is 0 Å². The van der Waals surface area contributed by atoms with Gasteiger partial charge in [-0.15, -0.1) is 0 Å². The first-order valence-corrected chi connectivity index (χ1v) is 6.41. The third-order valence-electron chi connectivity index (χ3n) is 1.91. The predicted octanol–water partition coefficient (Wildman–Crippen LogP) is 4.21. The zero-order chi connectivity index (χ0) is 11.3. The predicted molar refractivity (Wildman–Crippen MR) is 67.9 cm³/mol. The molecule has 0 unspecified atom stereocenters. The van der Waals surface area contributed by atoms with Crippen LogP contribution in [0.1, 0.15) is 18.9 Å². The van der Waals surface area contributed by atoms with Gasteiger partial charge in [-0.1, -0.05) is 41.0 Å². The number of aryl methyl sites for hydroxylation is 1. The van der Waals surface area contributed by atoms with Gasteiger partial charge in [0.1, 0.15) is 0 Å². The van der Waals surface area contributed by atoms with Crippen molar-refractivity contribution >= 4 is 40.1 Å². The zero-order valence-corrected chi connectivity index (χ0v) is 10.8. The first-order valence-electron chi connectivity index (χ1n) is 4.67. The summed E-state index contributed by atoms with van der Waals surface area (Å²) < 4.78 is 0. The summed E-state index contributed by atoms with van der Waals surface area (Å²) in [7, 11) is 0. The lowest BCUT2D eigenvalue weighted by atomic mass is 10.1. The Morgan fingerprint density at radius 2 is 2.13 bits per heavy atom. The summed E-state index contributed by atoms with van der Waals surface area (Å²) in [6.45, 7) is 1.58. The minimum atomic E-state index is 0.164. The normalized spacial score (nSPS) is 10.3. The standard InChI is InChI=1S/C11H12Cl2OS/c1-8(14)15-6-2-3-9-4-5-10(12)7-11(9)13/h4-5,7H,2-3,6H2,1H3. The Morgan fingerprint density at radius 1 is 1.40 bits per heavy atom. The summed E-state index contributed by atoms with van der Waals surface area (Å²) in [4.78, 5) is 10.7. The average Bonchev–Trinajstić information content (AvgIpc) is 2.14. The van der Waals surface area contributed by atoms with E-state index in [2.05, 4.69) is 0 Å². The summed E-state index contributed by atoms with van der Waals surface area (Å²) in [5.41, 5.74) is 1.09. The van der Waals surface area contributed by atoms with Crippen molar-refractivity contribution in [1.82, 2.24) is 0 Å². The number of carbonyl (C=O) groups excluding carboxylic acids is 1. The molecular formula is C11H12Cl2OS. The molecule has 0 N–H and O–H groups in total. The molecule has 82 valence electrons.